The van der Waals surface area contributed by atoms with Crippen molar-refractivity contribution in [2.24, 2.45) is 5.92 Å². The summed E-state index contributed by atoms with van der Waals surface area (Å²) in [5, 5.41) is 3.72. The number of benzene rings is 1. The number of rotatable bonds is 7. The van der Waals surface area contributed by atoms with E-state index in [-0.39, 0.29) is 12.5 Å². The molecule has 1 fully saturated rings. The fourth-order valence-corrected chi connectivity index (χ4v) is 3.43. The van der Waals surface area contributed by atoms with Gasteiger partial charge in [-0.1, -0.05) is 32.1 Å². The predicted octanol–water partition coefficient (Wildman–Crippen LogP) is 3.65. The third kappa shape index (κ3) is 5.34. The maximum absolute atomic E-state index is 11.9. The van der Waals surface area contributed by atoms with Gasteiger partial charge in [0.25, 0.3) is 5.91 Å². The molecular formula is C20H25NO4. The molecule has 1 aromatic carbocycles. The zero-order chi connectivity index (χ0) is 17.5. The Kier molecular flexibility index (Phi) is 6.09. The predicted molar refractivity (Wildman–Crippen MR) is 96.8 cm³/mol. The van der Waals surface area contributed by atoms with Crippen molar-refractivity contribution < 1.29 is 13.9 Å². The zero-order valence-corrected chi connectivity index (χ0v) is 14.5. The summed E-state index contributed by atoms with van der Waals surface area (Å²) in [4.78, 5) is 23.1. The summed E-state index contributed by atoms with van der Waals surface area (Å²) < 4.78 is 10.6. The Labute approximate surface area is 147 Å². The standard InChI is InChI=1S/C20H25NO4/c22-19(21-12-4-7-15-5-2-1-3-6-15)14-24-17-10-8-16-9-11-20(23)25-18(16)13-17/h8-11,13,15H,1-7,12,14H2,(H,21,22). The lowest BCUT2D eigenvalue weighted by molar-refractivity contribution is -0.123. The van der Waals surface area contributed by atoms with Gasteiger partial charge in [-0.2, -0.15) is 0 Å². The van der Waals surface area contributed by atoms with E-state index < -0.39 is 5.63 Å². The first-order valence-electron chi connectivity index (χ1n) is 9.14. The van der Waals surface area contributed by atoms with E-state index in [4.69, 9.17) is 9.15 Å². The van der Waals surface area contributed by atoms with Crippen LogP contribution in [0, 0.1) is 5.92 Å². The number of nitrogens with one attached hydrogen (secondary N) is 1. The molecule has 1 aliphatic rings. The van der Waals surface area contributed by atoms with Gasteiger partial charge in [-0.05, 0) is 37.0 Å². The molecule has 25 heavy (non-hydrogen) atoms. The molecule has 0 unspecified atom stereocenters. The highest BCUT2D eigenvalue weighted by Crippen LogP contribution is 2.27. The van der Waals surface area contributed by atoms with E-state index in [0.717, 1.165) is 17.7 Å². The Bertz CT molecular complexity index is 762. The minimum Gasteiger partial charge on any atom is -0.484 e. The first-order chi connectivity index (χ1) is 12.2. The zero-order valence-electron chi connectivity index (χ0n) is 14.5. The van der Waals surface area contributed by atoms with Crippen LogP contribution in [-0.4, -0.2) is 19.1 Å². The van der Waals surface area contributed by atoms with Gasteiger partial charge in [0, 0.05) is 24.1 Å². The highest BCUT2D eigenvalue weighted by Gasteiger charge is 2.12. The molecule has 2 aromatic rings. The number of carbonyl (C=O) groups is 1. The molecule has 1 aliphatic carbocycles. The van der Waals surface area contributed by atoms with Crippen molar-refractivity contribution in [3.63, 3.8) is 0 Å². The SMILES string of the molecule is O=C(COc1ccc2ccc(=O)oc2c1)NCCCC1CCCCC1. The average molecular weight is 343 g/mol. The maximum atomic E-state index is 11.9. The molecule has 1 aromatic heterocycles. The van der Waals surface area contributed by atoms with Crippen LogP contribution in [0.4, 0.5) is 0 Å². The monoisotopic (exact) mass is 343 g/mol. The molecule has 0 spiro atoms. The van der Waals surface area contributed by atoms with Gasteiger partial charge < -0.3 is 14.5 Å². The lowest BCUT2D eigenvalue weighted by Gasteiger charge is -2.21. The van der Waals surface area contributed by atoms with Crippen molar-refractivity contribution in [1.29, 1.82) is 0 Å². The van der Waals surface area contributed by atoms with Crippen LogP contribution < -0.4 is 15.7 Å². The lowest BCUT2D eigenvalue weighted by atomic mass is 9.86. The van der Waals surface area contributed by atoms with Gasteiger partial charge in [0.05, 0.1) is 0 Å². The Morgan fingerprint density at radius 1 is 1.16 bits per heavy atom. The molecule has 1 N–H and O–H groups in total. The van der Waals surface area contributed by atoms with Gasteiger partial charge in [0.2, 0.25) is 0 Å². The van der Waals surface area contributed by atoms with E-state index >= 15 is 0 Å². The summed E-state index contributed by atoms with van der Waals surface area (Å²) in [6.07, 6.45) is 9.00. The van der Waals surface area contributed by atoms with Crippen LogP contribution in [0.3, 0.4) is 0 Å². The summed E-state index contributed by atoms with van der Waals surface area (Å²) in [7, 11) is 0. The van der Waals surface area contributed by atoms with Gasteiger partial charge in [-0.25, -0.2) is 4.79 Å². The number of ether oxygens (including phenoxy) is 1. The van der Waals surface area contributed by atoms with Crippen LogP contribution in [-0.2, 0) is 4.79 Å². The van der Waals surface area contributed by atoms with Crippen LogP contribution >= 0.6 is 0 Å². The Hall–Kier alpha value is -2.30. The molecule has 0 aliphatic heterocycles. The van der Waals surface area contributed by atoms with Crippen LogP contribution in [0.15, 0.2) is 39.5 Å². The maximum Gasteiger partial charge on any atom is 0.336 e. The van der Waals surface area contributed by atoms with Crippen molar-refractivity contribution in [2.45, 2.75) is 44.9 Å². The molecule has 0 saturated heterocycles. The second-order valence-electron chi connectivity index (χ2n) is 6.74. The largest absolute Gasteiger partial charge is 0.484 e. The van der Waals surface area contributed by atoms with Crippen LogP contribution in [0.2, 0.25) is 0 Å². The summed E-state index contributed by atoms with van der Waals surface area (Å²) in [6, 6.07) is 8.27. The fraction of sp³-hybridized carbons (Fsp3) is 0.500. The van der Waals surface area contributed by atoms with E-state index in [1.807, 2.05) is 0 Å². The van der Waals surface area contributed by atoms with Crippen molar-refractivity contribution in [2.75, 3.05) is 13.2 Å². The molecule has 0 atom stereocenters. The van der Waals surface area contributed by atoms with Gasteiger partial charge >= 0.3 is 5.63 Å². The van der Waals surface area contributed by atoms with Gasteiger partial charge in [-0.15, -0.1) is 0 Å². The van der Waals surface area contributed by atoms with Gasteiger partial charge in [0.15, 0.2) is 6.61 Å². The number of hydrogen-bond donors (Lipinski definition) is 1. The normalized spacial score (nSPS) is 15.2. The summed E-state index contributed by atoms with van der Waals surface area (Å²) in [6.45, 7) is 0.664. The topological polar surface area (TPSA) is 68.5 Å². The molecule has 3 rings (SSSR count). The third-order valence-electron chi connectivity index (χ3n) is 4.80. The van der Waals surface area contributed by atoms with Crippen molar-refractivity contribution in [1.82, 2.24) is 5.32 Å². The quantitative estimate of drug-likeness (QED) is 0.615. The van der Waals surface area contributed by atoms with E-state index in [1.165, 1.54) is 44.6 Å². The Morgan fingerprint density at radius 2 is 1.96 bits per heavy atom. The molecule has 0 bridgehead atoms. The highest BCUT2D eigenvalue weighted by molar-refractivity contribution is 5.79. The average Bonchev–Trinajstić information content (AvgIpc) is 2.64. The number of amides is 1. The second-order valence-corrected chi connectivity index (χ2v) is 6.74. The molecular weight excluding hydrogens is 318 g/mol. The van der Waals surface area contributed by atoms with Crippen molar-refractivity contribution >= 4 is 16.9 Å². The first-order valence-corrected chi connectivity index (χ1v) is 9.14. The Balaban J connectivity index is 1.39. The van der Waals surface area contributed by atoms with Crippen molar-refractivity contribution in [3.8, 4) is 5.75 Å². The van der Waals surface area contributed by atoms with Crippen LogP contribution in [0.1, 0.15) is 44.9 Å². The van der Waals surface area contributed by atoms with Gasteiger partial charge in [0.1, 0.15) is 11.3 Å². The van der Waals surface area contributed by atoms with E-state index in [2.05, 4.69) is 5.32 Å². The first kappa shape index (κ1) is 17.5. The van der Waals surface area contributed by atoms with Gasteiger partial charge in [-0.3, -0.25) is 4.79 Å². The van der Waals surface area contributed by atoms with Crippen LogP contribution in [0.5, 0.6) is 5.75 Å². The molecule has 0 radical (unpaired) electrons. The van der Waals surface area contributed by atoms with E-state index in [1.54, 1.807) is 24.3 Å². The van der Waals surface area contributed by atoms with E-state index in [9.17, 15) is 9.59 Å². The highest BCUT2D eigenvalue weighted by atomic mass is 16.5. The minimum absolute atomic E-state index is 0.0357. The smallest absolute Gasteiger partial charge is 0.336 e. The molecule has 1 saturated carbocycles. The van der Waals surface area contributed by atoms with E-state index in [0.29, 0.717) is 17.9 Å². The molecule has 5 heteroatoms. The van der Waals surface area contributed by atoms with Crippen molar-refractivity contribution in [3.05, 3.63) is 40.8 Å². The summed E-state index contributed by atoms with van der Waals surface area (Å²) >= 11 is 0. The minimum atomic E-state index is -0.402. The Morgan fingerprint density at radius 3 is 2.80 bits per heavy atom. The van der Waals surface area contributed by atoms with Crippen LogP contribution in [0.25, 0.3) is 11.0 Å². The summed E-state index contributed by atoms with van der Waals surface area (Å²) in [5.74, 6) is 1.23. The fourth-order valence-electron chi connectivity index (χ4n) is 3.43. The molecule has 1 heterocycles. The number of hydrogen-bond acceptors (Lipinski definition) is 4. The number of carbonyl (C=O) groups excluding carboxylic acids is 1. The third-order valence-corrected chi connectivity index (χ3v) is 4.80. The lowest BCUT2D eigenvalue weighted by Crippen LogP contribution is -2.30. The molecule has 134 valence electrons. The molecule has 5 nitrogen and oxygen atoms in total. The second kappa shape index (κ2) is 8.70. The summed E-state index contributed by atoms with van der Waals surface area (Å²) in [5.41, 5.74) is 0.0539. The molecule has 1 amide bonds. The number of fused-ring (bicyclic) bond motifs is 1.